The molecule has 2 aromatic rings. The minimum Gasteiger partial charge on any atom is -0.489 e. The monoisotopic (exact) mass is 284 g/mol. The zero-order valence-corrected chi connectivity index (χ0v) is 12.5. The molecule has 0 aliphatic rings. The molecule has 2 rings (SSSR count). The van der Waals surface area contributed by atoms with Gasteiger partial charge in [-0.15, -0.1) is 0 Å². The Morgan fingerprint density at radius 2 is 2.24 bits per heavy atom. The van der Waals surface area contributed by atoms with Crippen molar-refractivity contribution >= 4 is 0 Å². The first-order valence-electron chi connectivity index (χ1n) is 7.07. The van der Waals surface area contributed by atoms with E-state index in [0.717, 1.165) is 29.0 Å². The topological polar surface area (TPSA) is 47.3 Å². The largest absolute Gasteiger partial charge is 0.489 e. The second kappa shape index (κ2) is 7.51. The Morgan fingerprint density at radius 3 is 2.90 bits per heavy atom. The lowest BCUT2D eigenvalue weighted by molar-refractivity contribution is 0.305. The molecule has 21 heavy (non-hydrogen) atoms. The molecule has 0 atom stereocenters. The van der Waals surface area contributed by atoms with Gasteiger partial charge in [0.1, 0.15) is 12.4 Å². The van der Waals surface area contributed by atoms with Gasteiger partial charge in [0.25, 0.3) is 0 Å². The lowest BCUT2D eigenvalue weighted by atomic mass is 10.1. The summed E-state index contributed by atoms with van der Waals surface area (Å²) in [6.45, 7) is 5.52. The predicted molar refractivity (Wildman–Crippen MR) is 82.0 cm³/mol. The highest BCUT2D eigenvalue weighted by Gasteiger charge is 2.01. The molecular weight excluding hydrogens is 264 g/mol. The fourth-order valence-corrected chi connectivity index (χ4v) is 1.90. The first-order valence-corrected chi connectivity index (χ1v) is 7.07. The molecule has 0 aliphatic carbocycles. The van der Waals surface area contributed by atoms with Gasteiger partial charge in [0.05, 0.1) is 12.8 Å². The van der Waals surface area contributed by atoms with Crippen molar-refractivity contribution in [3.05, 3.63) is 47.3 Å². The van der Waals surface area contributed by atoms with E-state index in [9.17, 15) is 0 Å². The lowest BCUT2D eigenvalue weighted by Crippen LogP contribution is -1.96. The minimum absolute atomic E-state index is 0.0959. The summed E-state index contributed by atoms with van der Waals surface area (Å²) in [5.74, 6) is 6.80. The third kappa shape index (κ3) is 4.37. The summed E-state index contributed by atoms with van der Waals surface area (Å²) >= 11 is 0. The van der Waals surface area contributed by atoms with Crippen molar-refractivity contribution in [3.8, 4) is 17.6 Å². The molecule has 1 heterocycles. The molecule has 1 aromatic carbocycles. The quantitative estimate of drug-likeness (QED) is 0.858. The van der Waals surface area contributed by atoms with Gasteiger partial charge in [-0.2, -0.15) is 5.10 Å². The van der Waals surface area contributed by atoms with Crippen molar-refractivity contribution in [1.29, 1.82) is 0 Å². The van der Waals surface area contributed by atoms with Crippen LogP contribution in [0.2, 0.25) is 0 Å². The van der Waals surface area contributed by atoms with Crippen LogP contribution in [-0.4, -0.2) is 21.5 Å². The Balaban J connectivity index is 1.98. The Hall–Kier alpha value is -2.25. The summed E-state index contributed by atoms with van der Waals surface area (Å²) in [7, 11) is 0. The summed E-state index contributed by atoms with van der Waals surface area (Å²) in [6.07, 6.45) is 4.31. The third-order valence-electron chi connectivity index (χ3n) is 3.07. The molecule has 0 unspecified atom stereocenters. The van der Waals surface area contributed by atoms with Crippen LogP contribution in [-0.2, 0) is 13.2 Å². The van der Waals surface area contributed by atoms with Crippen molar-refractivity contribution in [3.63, 3.8) is 0 Å². The molecule has 0 saturated carbocycles. The second-order valence-corrected chi connectivity index (χ2v) is 4.75. The minimum atomic E-state index is 0.0959. The van der Waals surface area contributed by atoms with Gasteiger partial charge < -0.3 is 9.84 Å². The summed E-state index contributed by atoms with van der Waals surface area (Å²) in [4.78, 5) is 0. The number of aliphatic hydroxyl groups is 1. The number of rotatable bonds is 5. The van der Waals surface area contributed by atoms with Gasteiger partial charge in [-0.05, 0) is 37.6 Å². The maximum atomic E-state index is 8.73. The van der Waals surface area contributed by atoms with E-state index in [1.165, 1.54) is 0 Å². The van der Waals surface area contributed by atoms with E-state index in [4.69, 9.17) is 9.84 Å². The fraction of sp³-hybridized carbons (Fsp3) is 0.353. The normalized spacial score (nSPS) is 10.0. The fourth-order valence-electron chi connectivity index (χ4n) is 1.90. The number of benzene rings is 1. The Bertz CT molecular complexity index is 650. The highest BCUT2D eigenvalue weighted by atomic mass is 16.5. The molecule has 1 N–H and O–H groups in total. The lowest BCUT2D eigenvalue weighted by Gasteiger charge is -2.06. The van der Waals surface area contributed by atoms with Crippen LogP contribution in [0.4, 0.5) is 0 Å². The average molecular weight is 284 g/mol. The van der Waals surface area contributed by atoms with Gasteiger partial charge >= 0.3 is 0 Å². The van der Waals surface area contributed by atoms with Gasteiger partial charge in [0.2, 0.25) is 0 Å². The molecule has 0 aliphatic heterocycles. The van der Waals surface area contributed by atoms with Crippen LogP contribution in [0.1, 0.15) is 30.0 Å². The zero-order valence-electron chi connectivity index (χ0n) is 12.5. The standard InChI is InChI=1S/C17H20N2O2/c1-3-19-12-15(11-18-19)13-21-17-8-7-16(14(2)10-17)6-4-5-9-20/h7-8,10-12,20H,3,5,9,13H2,1-2H3. The van der Waals surface area contributed by atoms with Gasteiger partial charge in [0.15, 0.2) is 0 Å². The first-order chi connectivity index (χ1) is 10.2. The summed E-state index contributed by atoms with van der Waals surface area (Å²) < 4.78 is 7.65. The van der Waals surface area contributed by atoms with E-state index in [1.807, 2.05) is 42.2 Å². The average Bonchev–Trinajstić information content (AvgIpc) is 2.95. The Labute approximate surface area is 125 Å². The number of aromatic nitrogens is 2. The molecule has 0 fully saturated rings. The molecule has 4 nitrogen and oxygen atoms in total. The summed E-state index contributed by atoms with van der Waals surface area (Å²) in [5, 5.41) is 12.9. The van der Waals surface area contributed by atoms with Crippen LogP contribution in [0.25, 0.3) is 0 Å². The Morgan fingerprint density at radius 1 is 1.38 bits per heavy atom. The van der Waals surface area contributed by atoms with Crippen LogP contribution in [0.15, 0.2) is 30.6 Å². The van der Waals surface area contributed by atoms with Gasteiger partial charge in [0, 0.05) is 30.3 Å². The number of nitrogens with zero attached hydrogens (tertiary/aromatic N) is 2. The van der Waals surface area contributed by atoms with Crippen molar-refractivity contribution in [2.24, 2.45) is 0 Å². The van der Waals surface area contributed by atoms with Crippen LogP contribution >= 0.6 is 0 Å². The maximum Gasteiger partial charge on any atom is 0.120 e. The highest BCUT2D eigenvalue weighted by Crippen LogP contribution is 2.18. The van der Waals surface area contributed by atoms with Gasteiger partial charge in [-0.25, -0.2) is 0 Å². The van der Waals surface area contributed by atoms with E-state index in [2.05, 4.69) is 23.9 Å². The first kappa shape index (κ1) is 15.1. The predicted octanol–water partition coefficient (Wildman–Crippen LogP) is 2.52. The van der Waals surface area contributed by atoms with Crippen molar-refractivity contribution in [2.75, 3.05) is 6.61 Å². The number of aliphatic hydroxyl groups excluding tert-OH is 1. The second-order valence-electron chi connectivity index (χ2n) is 4.75. The maximum absolute atomic E-state index is 8.73. The molecule has 1 aromatic heterocycles. The van der Waals surface area contributed by atoms with E-state index >= 15 is 0 Å². The molecule has 0 radical (unpaired) electrons. The van der Waals surface area contributed by atoms with E-state index in [-0.39, 0.29) is 6.61 Å². The van der Waals surface area contributed by atoms with E-state index in [1.54, 1.807) is 0 Å². The molecule has 0 bridgehead atoms. The summed E-state index contributed by atoms with van der Waals surface area (Å²) in [6, 6.07) is 5.85. The SMILES string of the molecule is CCn1cc(COc2ccc(C#CCCO)c(C)c2)cn1. The molecular formula is C17H20N2O2. The molecule has 0 amide bonds. The smallest absolute Gasteiger partial charge is 0.120 e. The zero-order chi connectivity index (χ0) is 15.1. The van der Waals surface area contributed by atoms with Crippen molar-refractivity contribution in [1.82, 2.24) is 9.78 Å². The van der Waals surface area contributed by atoms with Crippen LogP contribution in [0.5, 0.6) is 5.75 Å². The van der Waals surface area contributed by atoms with Gasteiger partial charge in [-0.1, -0.05) is 11.8 Å². The van der Waals surface area contributed by atoms with Gasteiger partial charge in [-0.3, -0.25) is 4.68 Å². The molecule has 0 saturated heterocycles. The summed E-state index contributed by atoms with van der Waals surface area (Å²) in [5.41, 5.74) is 3.10. The molecule has 110 valence electrons. The molecule has 0 spiro atoms. The number of hydrogen-bond acceptors (Lipinski definition) is 3. The third-order valence-corrected chi connectivity index (χ3v) is 3.07. The van der Waals surface area contributed by atoms with Crippen molar-refractivity contribution in [2.45, 2.75) is 33.4 Å². The van der Waals surface area contributed by atoms with E-state index < -0.39 is 0 Å². The number of aryl methyl sites for hydroxylation is 2. The number of hydrogen-bond donors (Lipinski definition) is 1. The van der Waals surface area contributed by atoms with Crippen LogP contribution in [0.3, 0.4) is 0 Å². The van der Waals surface area contributed by atoms with Crippen LogP contribution in [0, 0.1) is 18.8 Å². The van der Waals surface area contributed by atoms with E-state index in [0.29, 0.717) is 13.0 Å². The number of ether oxygens (including phenoxy) is 1. The molecule has 4 heteroatoms. The van der Waals surface area contributed by atoms with Crippen LogP contribution < -0.4 is 4.74 Å². The highest BCUT2D eigenvalue weighted by molar-refractivity contribution is 5.44. The Kier molecular flexibility index (Phi) is 5.42. The van der Waals surface area contributed by atoms with Crippen molar-refractivity contribution < 1.29 is 9.84 Å².